The molecule has 0 aliphatic carbocycles. The van der Waals surface area contributed by atoms with Crippen LogP contribution in [0.2, 0.25) is 0 Å². The van der Waals surface area contributed by atoms with Crippen molar-refractivity contribution in [2.75, 3.05) is 13.2 Å². The van der Waals surface area contributed by atoms with Crippen molar-refractivity contribution in [2.24, 2.45) is 17.6 Å². The summed E-state index contributed by atoms with van der Waals surface area (Å²) >= 11 is 0. The maximum Gasteiger partial charge on any atom is 0.330 e. The Balaban J connectivity index is 2.70. The van der Waals surface area contributed by atoms with Crippen molar-refractivity contribution in [3.8, 4) is 0 Å². The van der Waals surface area contributed by atoms with Gasteiger partial charge in [0, 0.05) is 24.6 Å². The molecule has 24 heavy (non-hydrogen) atoms. The van der Waals surface area contributed by atoms with E-state index in [1.807, 2.05) is 13.8 Å². The lowest BCUT2D eigenvalue weighted by molar-refractivity contribution is -0.137. The predicted molar refractivity (Wildman–Crippen MR) is 90.9 cm³/mol. The van der Waals surface area contributed by atoms with Gasteiger partial charge in [0.25, 0.3) is 0 Å². The number of nitrogens with two attached hydrogens (primary N) is 1. The van der Waals surface area contributed by atoms with Gasteiger partial charge in [0.05, 0.1) is 12.6 Å². The molecule has 0 bridgehead atoms. The third kappa shape index (κ3) is 7.12. The molecular formula is C17H29N3O4. The lowest BCUT2D eigenvalue weighted by Crippen LogP contribution is -2.46. The third-order valence-electron chi connectivity index (χ3n) is 3.84. The zero-order valence-corrected chi connectivity index (χ0v) is 14.7. The first-order valence-electron chi connectivity index (χ1n) is 8.52. The molecule has 4 N–H and O–H groups in total. The van der Waals surface area contributed by atoms with Gasteiger partial charge in [-0.1, -0.05) is 19.9 Å². The minimum absolute atomic E-state index is 0.0229. The van der Waals surface area contributed by atoms with Gasteiger partial charge in [-0.2, -0.15) is 0 Å². The summed E-state index contributed by atoms with van der Waals surface area (Å²) in [6.45, 7) is 6.63. The summed E-state index contributed by atoms with van der Waals surface area (Å²) < 4.78 is 4.85. The van der Waals surface area contributed by atoms with Gasteiger partial charge in [-0.05, 0) is 32.1 Å². The summed E-state index contributed by atoms with van der Waals surface area (Å²) in [5.41, 5.74) is 5.90. The molecule has 1 aliphatic rings. The summed E-state index contributed by atoms with van der Waals surface area (Å²) in [6, 6.07) is -1.05. The quantitative estimate of drug-likeness (QED) is 0.418. The number of rotatable bonds is 9. The highest BCUT2D eigenvalue weighted by molar-refractivity contribution is 5.84. The third-order valence-corrected chi connectivity index (χ3v) is 3.84. The average Bonchev–Trinajstić information content (AvgIpc) is 2.89. The Morgan fingerprint density at radius 3 is 2.71 bits per heavy atom. The van der Waals surface area contributed by atoms with Crippen molar-refractivity contribution < 1.29 is 19.1 Å². The number of carbonyl (C=O) groups excluding carboxylic acids is 3. The van der Waals surface area contributed by atoms with E-state index in [0.717, 1.165) is 6.42 Å². The highest BCUT2D eigenvalue weighted by Crippen LogP contribution is 2.17. The van der Waals surface area contributed by atoms with Gasteiger partial charge in [-0.25, -0.2) is 4.79 Å². The van der Waals surface area contributed by atoms with E-state index in [2.05, 4.69) is 10.6 Å². The van der Waals surface area contributed by atoms with E-state index in [0.29, 0.717) is 25.3 Å². The molecule has 1 saturated heterocycles. The maximum absolute atomic E-state index is 12.2. The molecule has 2 amide bonds. The Hall–Kier alpha value is -1.89. The monoisotopic (exact) mass is 339 g/mol. The van der Waals surface area contributed by atoms with Gasteiger partial charge in [0.2, 0.25) is 11.8 Å². The van der Waals surface area contributed by atoms with Crippen LogP contribution < -0.4 is 16.4 Å². The van der Waals surface area contributed by atoms with E-state index in [1.54, 1.807) is 13.0 Å². The van der Waals surface area contributed by atoms with Crippen molar-refractivity contribution in [1.29, 1.82) is 0 Å². The average molecular weight is 339 g/mol. The lowest BCUT2D eigenvalue weighted by atomic mass is 9.97. The van der Waals surface area contributed by atoms with Gasteiger partial charge in [-0.3, -0.25) is 9.59 Å². The second kappa shape index (κ2) is 10.1. The Bertz CT molecular complexity index is 476. The van der Waals surface area contributed by atoms with Crippen LogP contribution in [0.5, 0.6) is 0 Å². The summed E-state index contributed by atoms with van der Waals surface area (Å²) in [5.74, 6) is -0.645. The van der Waals surface area contributed by atoms with Crippen LogP contribution in [0.15, 0.2) is 12.2 Å². The van der Waals surface area contributed by atoms with Crippen LogP contribution in [0.3, 0.4) is 0 Å². The second-order valence-corrected chi connectivity index (χ2v) is 6.47. The zero-order chi connectivity index (χ0) is 18.1. The van der Waals surface area contributed by atoms with Gasteiger partial charge < -0.3 is 21.1 Å². The molecule has 1 heterocycles. The molecule has 7 nitrogen and oxygen atoms in total. The molecule has 3 atom stereocenters. The first-order chi connectivity index (χ1) is 11.3. The Morgan fingerprint density at radius 1 is 1.46 bits per heavy atom. The smallest absolute Gasteiger partial charge is 0.330 e. The summed E-state index contributed by atoms with van der Waals surface area (Å²) in [6.07, 6.45) is 4.58. The first-order valence-corrected chi connectivity index (χ1v) is 8.52. The molecule has 7 heteroatoms. The topological polar surface area (TPSA) is 111 Å². The fourth-order valence-electron chi connectivity index (χ4n) is 2.65. The summed E-state index contributed by atoms with van der Waals surface area (Å²) in [7, 11) is 0. The Morgan fingerprint density at radius 2 is 2.17 bits per heavy atom. The van der Waals surface area contributed by atoms with Crippen molar-refractivity contribution in [3.05, 3.63) is 12.2 Å². The molecule has 1 fully saturated rings. The van der Waals surface area contributed by atoms with E-state index in [4.69, 9.17) is 10.5 Å². The number of hydrogen-bond donors (Lipinski definition) is 3. The standard InChI is InChI=1S/C17H29N3O4/c1-4-24-15(21)6-5-13(10-12-7-8-19-16(12)22)20-17(23)14(18)9-11(2)3/h5-6,11-14H,4,7-10,18H2,1-3H3,(H,19,22)(H,20,23)/b6-5+/t12-,13+,14-/m0/s1. The minimum Gasteiger partial charge on any atom is -0.463 e. The fraction of sp³-hybridized carbons (Fsp3) is 0.706. The van der Waals surface area contributed by atoms with E-state index < -0.39 is 18.1 Å². The maximum atomic E-state index is 12.2. The first kappa shape index (κ1) is 20.2. The number of ether oxygens (including phenoxy) is 1. The van der Waals surface area contributed by atoms with Gasteiger partial charge in [-0.15, -0.1) is 0 Å². The van der Waals surface area contributed by atoms with Crippen LogP contribution >= 0.6 is 0 Å². The van der Waals surface area contributed by atoms with Crippen molar-refractivity contribution in [1.82, 2.24) is 10.6 Å². The van der Waals surface area contributed by atoms with Crippen molar-refractivity contribution in [2.45, 2.75) is 52.1 Å². The van der Waals surface area contributed by atoms with E-state index >= 15 is 0 Å². The van der Waals surface area contributed by atoms with Crippen LogP contribution in [0.4, 0.5) is 0 Å². The van der Waals surface area contributed by atoms with E-state index in [9.17, 15) is 14.4 Å². The van der Waals surface area contributed by atoms with Crippen molar-refractivity contribution in [3.63, 3.8) is 0 Å². The van der Waals surface area contributed by atoms with E-state index in [1.165, 1.54) is 6.08 Å². The lowest BCUT2D eigenvalue weighted by Gasteiger charge is -2.21. The van der Waals surface area contributed by atoms with E-state index in [-0.39, 0.29) is 24.3 Å². The minimum atomic E-state index is -0.610. The van der Waals surface area contributed by atoms with Crippen LogP contribution in [0.25, 0.3) is 0 Å². The van der Waals surface area contributed by atoms with Gasteiger partial charge >= 0.3 is 5.97 Å². The Labute approximate surface area is 143 Å². The highest BCUT2D eigenvalue weighted by atomic mass is 16.5. The molecule has 136 valence electrons. The SMILES string of the molecule is CCOC(=O)/C=C/[C@H](C[C@@H]1CCNC1=O)NC(=O)[C@@H](N)CC(C)C. The Kier molecular flexibility index (Phi) is 8.46. The molecule has 0 aromatic heterocycles. The highest BCUT2D eigenvalue weighted by Gasteiger charge is 2.28. The molecule has 0 aromatic carbocycles. The number of esters is 1. The number of amides is 2. The second-order valence-electron chi connectivity index (χ2n) is 6.47. The molecule has 1 aliphatic heterocycles. The molecule has 0 unspecified atom stereocenters. The van der Waals surface area contributed by atoms with Crippen LogP contribution in [0.1, 0.15) is 40.0 Å². The van der Waals surface area contributed by atoms with Crippen LogP contribution in [-0.2, 0) is 19.1 Å². The fourth-order valence-corrected chi connectivity index (χ4v) is 2.65. The largest absolute Gasteiger partial charge is 0.463 e. The molecular weight excluding hydrogens is 310 g/mol. The number of hydrogen-bond acceptors (Lipinski definition) is 5. The molecule has 1 rings (SSSR count). The zero-order valence-electron chi connectivity index (χ0n) is 14.7. The predicted octanol–water partition coefficient (Wildman–Crippen LogP) is 0.490. The summed E-state index contributed by atoms with van der Waals surface area (Å²) in [4.78, 5) is 35.5. The normalized spacial score (nSPS) is 20.0. The molecule has 0 spiro atoms. The van der Waals surface area contributed by atoms with Gasteiger partial charge in [0.1, 0.15) is 0 Å². The molecule has 0 saturated carbocycles. The molecule has 0 aromatic rings. The van der Waals surface area contributed by atoms with Crippen LogP contribution in [-0.4, -0.2) is 43.0 Å². The van der Waals surface area contributed by atoms with Crippen LogP contribution in [0, 0.1) is 11.8 Å². The number of nitrogens with one attached hydrogen (secondary N) is 2. The number of carbonyl (C=O) groups is 3. The van der Waals surface area contributed by atoms with Gasteiger partial charge in [0.15, 0.2) is 0 Å². The molecule has 0 radical (unpaired) electrons. The summed E-state index contributed by atoms with van der Waals surface area (Å²) in [5, 5.41) is 5.60. The van der Waals surface area contributed by atoms with Crippen molar-refractivity contribution >= 4 is 17.8 Å².